The fourth-order valence-electron chi connectivity index (χ4n) is 2.63. The van der Waals surface area contributed by atoms with Gasteiger partial charge in [0, 0.05) is 57.9 Å². The molecule has 1 aromatic rings. The third kappa shape index (κ3) is 6.22. The molecule has 0 saturated carbocycles. The van der Waals surface area contributed by atoms with Crippen LogP contribution in [0, 0.1) is 0 Å². The molecule has 0 aromatic heterocycles. The van der Waals surface area contributed by atoms with Crippen molar-refractivity contribution in [3.05, 3.63) is 35.4 Å². The van der Waals surface area contributed by atoms with Crippen LogP contribution in [0.3, 0.4) is 0 Å². The van der Waals surface area contributed by atoms with Crippen molar-refractivity contribution in [1.82, 2.24) is 14.7 Å². The van der Waals surface area contributed by atoms with Gasteiger partial charge >= 0.3 is 0 Å². The summed E-state index contributed by atoms with van der Waals surface area (Å²) >= 11 is 0. The van der Waals surface area contributed by atoms with Crippen molar-refractivity contribution in [1.29, 1.82) is 0 Å². The van der Waals surface area contributed by atoms with Gasteiger partial charge in [0.15, 0.2) is 0 Å². The lowest BCUT2D eigenvalue weighted by Gasteiger charge is -2.32. The fourth-order valence-corrected chi connectivity index (χ4v) is 2.63. The number of benzene rings is 1. The van der Waals surface area contributed by atoms with Crippen molar-refractivity contribution in [3.63, 3.8) is 0 Å². The second-order valence-electron chi connectivity index (χ2n) is 6.28. The molecule has 1 fully saturated rings. The van der Waals surface area contributed by atoms with Crippen LogP contribution in [0.4, 0.5) is 0 Å². The number of nitrogens with two attached hydrogens (primary N) is 1. The average molecular weight is 377 g/mol. The van der Waals surface area contributed by atoms with Crippen LogP contribution in [-0.2, 0) is 6.54 Å². The van der Waals surface area contributed by atoms with Crippen molar-refractivity contribution >= 4 is 30.7 Å². The molecule has 0 bridgehead atoms. The molecule has 0 aliphatic carbocycles. The Morgan fingerprint density at radius 3 is 2.46 bits per heavy atom. The van der Waals surface area contributed by atoms with E-state index in [2.05, 4.69) is 22.9 Å². The second-order valence-corrected chi connectivity index (χ2v) is 6.28. The predicted octanol–water partition coefficient (Wildman–Crippen LogP) is 1.70. The predicted molar refractivity (Wildman–Crippen MR) is 104 cm³/mol. The van der Waals surface area contributed by atoms with Gasteiger partial charge in [-0.25, -0.2) is 0 Å². The number of likely N-dealkylation sites (N-methyl/N-ethyl adjacent to an activating group) is 2. The Morgan fingerprint density at radius 1 is 1.25 bits per heavy atom. The Bertz CT molecular complexity index is 507. The van der Waals surface area contributed by atoms with Crippen molar-refractivity contribution < 1.29 is 4.79 Å². The molecule has 1 saturated heterocycles. The van der Waals surface area contributed by atoms with Crippen LogP contribution in [0.1, 0.15) is 22.8 Å². The maximum atomic E-state index is 12.5. The summed E-state index contributed by atoms with van der Waals surface area (Å²) in [6.07, 6.45) is 0. The molecule has 1 aliphatic rings. The van der Waals surface area contributed by atoms with E-state index in [9.17, 15) is 4.79 Å². The Balaban J connectivity index is 0.00000264. The molecule has 1 aromatic carbocycles. The summed E-state index contributed by atoms with van der Waals surface area (Å²) < 4.78 is 0. The zero-order chi connectivity index (χ0) is 16.1. The molecule has 1 aliphatic heterocycles. The zero-order valence-corrected chi connectivity index (χ0v) is 16.4. The van der Waals surface area contributed by atoms with Gasteiger partial charge in [-0.3, -0.25) is 9.69 Å². The summed E-state index contributed by atoms with van der Waals surface area (Å²) in [5, 5.41) is 0. The first-order valence-electron chi connectivity index (χ1n) is 7.98. The molecule has 7 heteroatoms. The first-order chi connectivity index (χ1) is 10.5. The van der Waals surface area contributed by atoms with Crippen molar-refractivity contribution in [2.45, 2.75) is 19.5 Å². The van der Waals surface area contributed by atoms with Gasteiger partial charge in [-0.05, 0) is 31.7 Å². The smallest absolute Gasteiger partial charge is 0.253 e. The number of piperazine rings is 1. The van der Waals surface area contributed by atoms with Crippen molar-refractivity contribution in [2.75, 3.05) is 46.8 Å². The molecule has 1 unspecified atom stereocenters. The molecule has 5 nitrogen and oxygen atoms in total. The molecule has 24 heavy (non-hydrogen) atoms. The molecule has 0 spiro atoms. The van der Waals surface area contributed by atoms with Crippen LogP contribution in [0.5, 0.6) is 0 Å². The standard InChI is InChI=1S/C17H28N4O.2ClH/c1-14(12-18)20(3)17(22)16-6-4-5-15(11-16)13-21-9-7-19(2)8-10-21;;/h4-6,11,14H,7-10,12-13,18H2,1-3H3;2*1H. The van der Waals surface area contributed by atoms with E-state index in [1.807, 2.05) is 32.2 Å². The first-order valence-corrected chi connectivity index (χ1v) is 7.98. The summed E-state index contributed by atoms with van der Waals surface area (Å²) in [4.78, 5) is 19.0. The van der Waals surface area contributed by atoms with Gasteiger partial charge in [0.25, 0.3) is 5.91 Å². The molecule has 0 radical (unpaired) electrons. The highest BCUT2D eigenvalue weighted by Gasteiger charge is 2.18. The lowest BCUT2D eigenvalue weighted by molar-refractivity contribution is 0.0748. The van der Waals surface area contributed by atoms with Crippen LogP contribution in [0.2, 0.25) is 0 Å². The first kappa shape index (κ1) is 23.1. The van der Waals surface area contributed by atoms with E-state index in [-0.39, 0.29) is 36.8 Å². The topological polar surface area (TPSA) is 52.8 Å². The quantitative estimate of drug-likeness (QED) is 0.849. The largest absolute Gasteiger partial charge is 0.338 e. The van der Waals surface area contributed by atoms with Crippen LogP contribution >= 0.6 is 24.8 Å². The molecule has 2 rings (SSSR count). The Hall–Kier alpha value is -0.850. The molecule has 1 atom stereocenters. The number of rotatable bonds is 5. The summed E-state index contributed by atoms with van der Waals surface area (Å²) in [5.74, 6) is 0.0400. The molecule has 2 N–H and O–H groups in total. The summed E-state index contributed by atoms with van der Waals surface area (Å²) in [5.41, 5.74) is 7.59. The number of nitrogens with zero attached hydrogens (tertiary/aromatic N) is 3. The van der Waals surface area contributed by atoms with Crippen molar-refractivity contribution in [3.8, 4) is 0 Å². The summed E-state index contributed by atoms with van der Waals surface area (Å²) in [7, 11) is 3.97. The number of hydrogen-bond acceptors (Lipinski definition) is 4. The minimum atomic E-state index is 0. The summed E-state index contributed by atoms with van der Waals surface area (Å²) in [6, 6.07) is 8.02. The lowest BCUT2D eigenvalue weighted by Crippen LogP contribution is -2.43. The minimum absolute atomic E-state index is 0. The zero-order valence-electron chi connectivity index (χ0n) is 14.8. The highest BCUT2D eigenvalue weighted by Crippen LogP contribution is 2.12. The Morgan fingerprint density at radius 2 is 1.88 bits per heavy atom. The Kier molecular flexibility index (Phi) is 10.5. The number of amides is 1. The van der Waals surface area contributed by atoms with Crippen LogP contribution in [0.25, 0.3) is 0 Å². The van der Waals surface area contributed by atoms with Crippen LogP contribution in [-0.4, -0.2) is 73.5 Å². The van der Waals surface area contributed by atoms with Crippen LogP contribution in [0.15, 0.2) is 24.3 Å². The van der Waals surface area contributed by atoms with Gasteiger partial charge < -0.3 is 15.5 Å². The van der Waals surface area contributed by atoms with E-state index in [4.69, 9.17) is 5.73 Å². The third-order valence-corrected chi connectivity index (χ3v) is 4.50. The maximum Gasteiger partial charge on any atom is 0.253 e. The monoisotopic (exact) mass is 376 g/mol. The van der Waals surface area contributed by atoms with Crippen LogP contribution < -0.4 is 5.73 Å². The van der Waals surface area contributed by atoms with E-state index in [1.165, 1.54) is 5.56 Å². The number of halogens is 2. The van der Waals surface area contributed by atoms with E-state index in [0.717, 1.165) is 38.3 Å². The molecule has 138 valence electrons. The van der Waals surface area contributed by atoms with Gasteiger partial charge in [0.05, 0.1) is 0 Å². The van der Waals surface area contributed by atoms with E-state index < -0.39 is 0 Å². The van der Waals surface area contributed by atoms with Gasteiger partial charge in [-0.15, -0.1) is 24.8 Å². The highest BCUT2D eigenvalue weighted by molar-refractivity contribution is 5.94. The average Bonchev–Trinajstić information content (AvgIpc) is 2.55. The highest BCUT2D eigenvalue weighted by atomic mass is 35.5. The molecular weight excluding hydrogens is 347 g/mol. The molecule has 1 amide bonds. The normalized spacial score (nSPS) is 16.7. The summed E-state index contributed by atoms with van der Waals surface area (Å²) in [6.45, 7) is 7.72. The number of carbonyl (C=O) groups excluding carboxylic acids is 1. The van der Waals surface area contributed by atoms with Gasteiger partial charge in [-0.2, -0.15) is 0 Å². The molecular formula is C17H30Cl2N4O. The number of hydrogen-bond donors (Lipinski definition) is 1. The van der Waals surface area contributed by atoms with Gasteiger partial charge in [0.1, 0.15) is 0 Å². The second kappa shape index (κ2) is 10.9. The maximum absolute atomic E-state index is 12.5. The van der Waals surface area contributed by atoms with Gasteiger partial charge in [0.2, 0.25) is 0 Å². The SMILES string of the molecule is CC(CN)N(C)C(=O)c1cccc(CN2CCN(C)CC2)c1.Cl.Cl. The number of carbonyl (C=O) groups is 1. The van der Waals surface area contributed by atoms with E-state index in [1.54, 1.807) is 4.90 Å². The minimum Gasteiger partial charge on any atom is -0.338 e. The fraction of sp³-hybridized carbons (Fsp3) is 0.588. The van der Waals surface area contributed by atoms with Gasteiger partial charge in [-0.1, -0.05) is 12.1 Å². The van der Waals surface area contributed by atoms with E-state index >= 15 is 0 Å². The lowest BCUT2D eigenvalue weighted by atomic mass is 10.1. The third-order valence-electron chi connectivity index (χ3n) is 4.50. The van der Waals surface area contributed by atoms with E-state index in [0.29, 0.717) is 6.54 Å². The van der Waals surface area contributed by atoms with Crippen molar-refractivity contribution in [2.24, 2.45) is 5.73 Å². The molecule has 1 heterocycles. The Labute approximate surface area is 158 Å².